The number of hydrogen-bond donors (Lipinski definition) is 2. The van der Waals surface area contributed by atoms with E-state index >= 15 is 0 Å². The summed E-state index contributed by atoms with van der Waals surface area (Å²) in [6.45, 7) is 0.0993. The second-order valence-corrected chi connectivity index (χ2v) is 8.77. The molecule has 5 rings (SSSR count). The first-order valence-corrected chi connectivity index (χ1v) is 11.4. The largest absolute Gasteiger partial charge is 0.497 e. The lowest BCUT2D eigenvalue weighted by atomic mass is 10.0. The van der Waals surface area contributed by atoms with Gasteiger partial charge < -0.3 is 24.3 Å². The standard InChI is InChI=1S/C24H20IN3O6/c1-31-15-5-8-19(32-2)17(11-15)22-26-18-6-4-14(25)10-16(18)24(30)28(22)27-23(29)13-3-7-20-21(9-13)34-12-33-20/h3-11,22,26H,12H2,1-2H3,(H,27,29)/t22-/m1/s1. The Labute approximate surface area is 209 Å². The van der Waals surface area contributed by atoms with Gasteiger partial charge in [-0.15, -0.1) is 0 Å². The van der Waals surface area contributed by atoms with E-state index in [1.54, 1.807) is 56.7 Å². The fourth-order valence-corrected chi connectivity index (χ4v) is 4.37. The van der Waals surface area contributed by atoms with Crippen molar-refractivity contribution in [3.63, 3.8) is 0 Å². The van der Waals surface area contributed by atoms with Gasteiger partial charge in [0.2, 0.25) is 6.79 Å². The molecule has 0 aromatic heterocycles. The molecular formula is C24H20IN3O6. The molecule has 2 aliphatic rings. The molecule has 0 fully saturated rings. The molecule has 1 atom stereocenters. The highest BCUT2D eigenvalue weighted by Gasteiger charge is 2.36. The van der Waals surface area contributed by atoms with E-state index in [2.05, 4.69) is 33.3 Å². The van der Waals surface area contributed by atoms with Crippen LogP contribution in [-0.4, -0.2) is 37.8 Å². The van der Waals surface area contributed by atoms with E-state index in [9.17, 15) is 9.59 Å². The second-order valence-electron chi connectivity index (χ2n) is 7.53. The van der Waals surface area contributed by atoms with E-state index < -0.39 is 12.1 Å². The molecule has 0 unspecified atom stereocenters. The average molecular weight is 573 g/mol. The average Bonchev–Trinajstić information content (AvgIpc) is 3.33. The molecule has 0 aliphatic carbocycles. The third-order valence-electron chi connectivity index (χ3n) is 5.57. The fraction of sp³-hybridized carbons (Fsp3) is 0.167. The first kappa shape index (κ1) is 22.1. The van der Waals surface area contributed by atoms with Crippen LogP contribution in [0.4, 0.5) is 5.69 Å². The van der Waals surface area contributed by atoms with Gasteiger partial charge in [0.15, 0.2) is 17.7 Å². The van der Waals surface area contributed by atoms with E-state index in [4.69, 9.17) is 18.9 Å². The van der Waals surface area contributed by atoms with E-state index in [0.717, 1.165) is 3.57 Å². The molecular weight excluding hydrogens is 553 g/mol. The number of hydrogen-bond acceptors (Lipinski definition) is 7. The highest BCUT2D eigenvalue weighted by molar-refractivity contribution is 14.1. The number of benzene rings is 3. The number of amides is 2. The lowest BCUT2D eigenvalue weighted by Crippen LogP contribution is -2.53. The number of rotatable bonds is 5. The Morgan fingerprint density at radius 3 is 2.68 bits per heavy atom. The molecule has 2 N–H and O–H groups in total. The van der Waals surface area contributed by atoms with Gasteiger partial charge >= 0.3 is 0 Å². The van der Waals surface area contributed by atoms with E-state index in [1.165, 1.54) is 5.01 Å². The molecule has 2 amide bonds. The molecule has 9 nitrogen and oxygen atoms in total. The predicted molar refractivity (Wildman–Crippen MR) is 131 cm³/mol. The van der Waals surface area contributed by atoms with E-state index in [0.29, 0.717) is 45.4 Å². The van der Waals surface area contributed by atoms with E-state index in [1.807, 2.05) is 12.1 Å². The Morgan fingerprint density at radius 2 is 1.88 bits per heavy atom. The number of ether oxygens (including phenoxy) is 4. The van der Waals surface area contributed by atoms with Crippen LogP contribution in [0.2, 0.25) is 0 Å². The van der Waals surface area contributed by atoms with Crippen molar-refractivity contribution in [2.75, 3.05) is 26.3 Å². The van der Waals surface area contributed by atoms with Gasteiger partial charge in [-0.25, -0.2) is 5.01 Å². The molecule has 0 saturated carbocycles. The summed E-state index contributed by atoms with van der Waals surface area (Å²) in [5, 5.41) is 4.62. The van der Waals surface area contributed by atoms with Crippen molar-refractivity contribution in [3.8, 4) is 23.0 Å². The summed E-state index contributed by atoms with van der Waals surface area (Å²) in [5.74, 6) is 1.31. The highest BCUT2D eigenvalue weighted by atomic mass is 127. The van der Waals surface area contributed by atoms with Crippen LogP contribution in [0.5, 0.6) is 23.0 Å². The third-order valence-corrected chi connectivity index (χ3v) is 6.24. The van der Waals surface area contributed by atoms with Gasteiger partial charge in [0.25, 0.3) is 11.8 Å². The summed E-state index contributed by atoms with van der Waals surface area (Å²) in [6, 6.07) is 15.6. The van der Waals surface area contributed by atoms with Crippen molar-refractivity contribution < 1.29 is 28.5 Å². The SMILES string of the molecule is COc1ccc(OC)c([C@@H]2Nc3ccc(I)cc3C(=O)N2NC(=O)c2ccc3c(c2)OCO3)c1. The molecule has 3 aromatic rings. The van der Waals surface area contributed by atoms with Gasteiger partial charge in [0, 0.05) is 20.4 Å². The summed E-state index contributed by atoms with van der Waals surface area (Å²) >= 11 is 2.14. The smallest absolute Gasteiger partial charge is 0.276 e. The first-order chi connectivity index (χ1) is 16.5. The second kappa shape index (κ2) is 8.93. The number of carbonyl (C=O) groups excluding carboxylic acids is 2. The fourth-order valence-electron chi connectivity index (χ4n) is 3.88. The van der Waals surface area contributed by atoms with Crippen molar-refractivity contribution in [1.29, 1.82) is 0 Å². The summed E-state index contributed by atoms with van der Waals surface area (Å²) < 4.78 is 22.5. The number of methoxy groups -OCH3 is 2. The van der Waals surface area contributed by atoms with Crippen LogP contribution in [0.15, 0.2) is 54.6 Å². The first-order valence-electron chi connectivity index (χ1n) is 10.3. The molecule has 34 heavy (non-hydrogen) atoms. The van der Waals surface area contributed by atoms with Crippen LogP contribution >= 0.6 is 22.6 Å². The normalized spacial score (nSPS) is 15.9. The van der Waals surface area contributed by atoms with Crippen LogP contribution in [0.3, 0.4) is 0 Å². The van der Waals surface area contributed by atoms with Gasteiger partial charge in [0.1, 0.15) is 11.5 Å². The topological polar surface area (TPSA) is 98.4 Å². The zero-order valence-corrected chi connectivity index (χ0v) is 20.4. The highest BCUT2D eigenvalue weighted by Crippen LogP contribution is 2.38. The maximum Gasteiger partial charge on any atom is 0.276 e. The minimum Gasteiger partial charge on any atom is -0.497 e. The number of fused-ring (bicyclic) bond motifs is 2. The van der Waals surface area contributed by atoms with Gasteiger partial charge in [-0.2, -0.15) is 0 Å². The Kier molecular flexibility index (Phi) is 5.82. The zero-order chi connectivity index (χ0) is 23.8. The van der Waals surface area contributed by atoms with Crippen molar-refractivity contribution >= 4 is 40.1 Å². The van der Waals surface area contributed by atoms with Gasteiger partial charge in [-0.1, -0.05) is 0 Å². The molecule has 0 saturated heterocycles. The maximum absolute atomic E-state index is 13.6. The number of anilines is 1. The molecule has 0 radical (unpaired) electrons. The minimum atomic E-state index is -0.761. The third kappa shape index (κ3) is 3.94. The summed E-state index contributed by atoms with van der Waals surface area (Å²) in [4.78, 5) is 26.8. The van der Waals surface area contributed by atoms with E-state index in [-0.39, 0.29) is 12.7 Å². The number of nitrogens with one attached hydrogen (secondary N) is 2. The lowest BCUT2D eigenvalue weighted by molar-refractivity contribution is 0.0488. The van der Waals surface area contributed by atoms with Gasteiger partial charge in [0.05, 0.1) is 19.8 Å². The maximum atomic E-state index is 13.6. The lowest BCUT2D eigenvalue weighted by Gasteiger charge is -2.38. The monoisotopic (exact) mass is 573 g/mol. The van der Waals surface area contributed by atoms with Gasteiger partial charge in [-0.3, -0.25) is 15.0 Å². The van der Waals surface area contributed by atoms with Crippen LogP contribution in [0.1, 0.15) is 32.4 Å². The van der Waals surface area contributed by atoms with Crippen molar-refractivity contribution in [3.05, 3.63) is 74.9 Å². The summed E-state index contributed by atoms with van der Waals surface area (Å²) in [6.07, 6.45) is -0.761. The number of halogens is 1. The Hall–Kier alpha value is -3.67. The zero-order valence-electron chi connectivity index (χ0n) is 18.3. The van der Waals surface area contributed by atoms with Crippen molar-refractivity contribution in [2.45, 2.75) is 6.17 Å². The molecule has 2 aliphatic heterocycles. The molecule has 10 heteroatoms. The number of nitrogens with zero attached hydrogens (tertiary/aromatic N) is 1. The van der Waals surface area contributed by atoms with Crippen LogP contribution in [0, 0.1) is 3.57 Å². The molecule has 3 aromatic carbocycles. The molecule has 2 heterocycles. The molecule has 174 valence electrons. The van der Waals surface area contributed by atoms with Crippen LogP contribution in [0.25, 0.3) is 0 Å². The van der Waals surface area contributed by atoms with Crippen LogP contribution < -0.4 is 29.7 Å². The summed E-state index contributed by atoms with van der Waals surface area (Å²) in [7, 11) is 3.10. The number of hydrazine groups is 1. The van der Waals surface area contributed by atoms with Crippen molar-refractivity contribution in [1.82, 2.24) is 10.4 Å². The predicted octanol–water partition coefficient (Wildman–Crippen LogP) is 3.95. The minimum absolute atomic E-state index is 0.0993. The summed E-state index contributed by atoms with van der Waals surface area (Å²) in [5.41, 5.74) is 4.79. The number of carbonyl (C=O) groups is 2. The van der Waals surface area contributed by atoms with Crippen molar-refractivity contribution in [2.24, 2.45) is 0 Å². The Bertz CT molecular complexity index is 1300. The Balaban J connectivity index is 1.55. The molecule has 0 bridgehead atoms. The van der Waals surface area contributed by atoms with Crippen LogP contribution in [-0.2, 0) is 0 Å². The quantitative estimate of drug-likeness (QED) is 0.447. The Morgan fingerprint density at radius 1 is 1.06 bits per heavy atom. The molecule has 0 spiro atoms. The van der Waals surface area contributed by atoms with Gasteiger partial charge in [-0.05, 0) is 77.2 Å².